The first-order chi connectivity index (χ1) is 8.56. The average molecular weight is 335 g/mol. The van der Waals surface area contributed by atoms with Gasteiger partial charge in [0.1, 0.15) is 5.82 Å². The summed E-state index contributed by atoms with van der Waals surface area (Å²) < 4.78 is 14.9. The van der Waals surface area contributed by atoms with Crippen molar-refractivity contribution in [3.63, 3.8) is 0 Å². The third kappa shape index (κ3) is 2.59. The zero-order valence-corrected chi connectivity index (χ0v) is 13.0. The zero-order valence-electron chi connectivity index (χ0n) is 10.6. The number of nitrogens with one attached hydrogen (secondary N) is 1. The highest BCUT2D eigenvalue weighted by atomic mass is 79.9. The fourth-order valence-electron chi connectivity index (χ4n) is 3.05. The van der Waals surface area contributed by atoms with Crippen molar-refractivity contribution >= 4 is 27.5 Å². The first-order valence-electron chi connectivity index (χ1n) is 6.37. The maximum Gasteiger partial charge on any atom is 0.147 e. The quantitative estimate of drug-likeness (QED) is 0.772. The Balaban J connectivity index is 2.36. The summed E-state index contributed by atoms with van der Waals surface area (Å²) in [4.78, 5) is 0. The van der Waals surface area contributed by atoms with Gasteiger partial charge in [0.25, 0.3) is 0 Å². The van der Waals surface area contributed by atoms with Crippen molar-refractivity contribution < 1.29 is 4.39 Å². The van der Waals surface area contributed by atoms with E-state index in [9.17, 15) is 4.39 Å². The molecule has 3 atom stereocenters. The van der Waals surface area contributed by atoms with Crippen molar-refractivity contribution in [1.82, 2.24) is 5.32 Å². The first-order valence-corrected chi connectivity index (χ1v) is 7.54. The molecule has 1 N–H and O–H groups in total. The second-order valence-electron chi connectivity index (χ2n) is 5.10. The van der Waals surface area contributed by atoms with Crippen molar-refractivity contribution in [2.75, 3.05) is 7.05 Å². The molecule has 0 heterocycles. The molecule has 1 aliphatic rings. The highest BCUT2D eigenvalue weighted by Crippen LogP contribution is 2.42. The molecule has 18 heavy (non-hydrogen) atoms. The van der Waals surface area contributed by atoms with E-state index in [4.69, 9.17) is 11.6 Å². The summed E-state index contributed by atoms with van der Waals surface area (Å²) in [5.74, 6) is 0.815. The Morgan fingerprint density at radius 2 is 2.17 bits per heavy atom. The minimum Gasteiger partial charge on any atom is -0.313 e. The predicted molar refractivity (Wildman–Crippen MR) is 77.4 cm³/mol. The molecule has 0 bridgehead atoms. The molecular weight excluding hydrogens is 317 g/mol. The van der Waals surface area contributed by atoms with Crippen LogP contribution in [0.15, 0.2) is 16.6 Å². The molecule has 0 amide bonds. The lowest BCUT2D eigenvalue weighted by Gasteiger charge is -2.27. The van der Waals surface area contributed by atoms with Gasteiger partial charge in [-0.3, -0.25) is 0 Å². The molecule has 3 unspecified atom stereocenters. The molecule has 4 heteroatoms. The van der Waals surface area contributed by atoms with Crippen LogP contribution in [0, 0.1) is 17.7 Å². The third-order valence-corrected chi connectivity index (χ3v) is 5.33. The van der Waals surface area contributed by atoms with Crippen LogP contribution in [0.3, 0.4) is 0 Å². The van der Waals surface area contributed by atoms with Gasteiger partial charge in [0.15, 0.2) is 0 Å². The van der Waals surface area contributed by atoms with Gasteiger partial charge in [-0.25, -0.2) is 4.39 Å². The number of benzene rings is 1. The highest BCUT2D eigenvalue weighted by Gasteiger charge is 2.32. The molecule has 2 rings (SSSR count). The Morgan fingerprint density at radius 1 is 1.44 bits per heavy atom. The summed E-state index contributed by atoms with van der Waals surface area (Å²) in [6.07, 6.45) is 3.62. The van der Waals surface area contributed by atoms with E-state index in [1.807, 2.05) is 19.2 Å². The van der Waals surface area contributed by atoms with Gasteiger partial charge in [0, 0.05) is 16.1 Å². The van der Waals surface area contributed by atoms with Crippen LogP contribution in [-0.4, -0.2) is 7.05 Å². The molecule has 0 radical (unpaired) electrons. The van der Waals surface area contributed by atoms with Crippen LogP contribution >= 0.6 is 27.5 Å². The monoisotopic (exact) mass is 333 g/mol. The number of rotatable bonds is 3. The topological polar surface area (TPSA) is 12.0 Å². The molecule has 1 nitrogen and oxygen atoms in total. The third-order valence-electron chi connectivity index (χ3n) is 4.07. The van der Waals surface area contributed by atoms with Gasteiger partial charge in [-0.05, 0) is 47.3 Å². The van der Waals surface area contributed by atoms with Gasteiger partial charge < -0.3 is 5.32 Å². The second kappa shape index (κ2) is 5.89. The molecule has 1 aromatic rings. The average Bonchev–Trinajstić information content (AvgIpc) is 2.77. The van der Waals surface area contributed by atoms with Gasteiger partial charge in [-0.1, -0.05) is 37.4 Å². The van der Waals surface area contributed by atoms with E-state index in [0.29, 0.717) is 21.9 Å². The van der Waals surface area contributed by atoms with E-state index in [1.165, 1.54) is 12.8 Å². The van der Waals surface area contributed by atoms with Crippen LogP contribution in [0.4, 0.5) is 4.39 Å². The standard InChI is InChI=1S/C14H18BrClFN/c1-8-4-3-5-9(8)14(18-2)10-6-7-11(15)12(16)13(10)17/h6-9,14,18H,3-5H2,1-2H3. The summed E-state index contributed by atoms with van der Waals surface area (Å²) in [7, 11) is 1.89. The van der Waals surface area contributed by atoms with E-state index in [0.717, 1.165) is 6.42 Å². The number of halogens is 3. The summed E-state index contributed by atoms with van der Waals surface area (Å²) in [5.41, 5.74) is 0.685. The molecule has 0 spiro atoms. The van der Waals surface area contributed by atoms with Gasteiger partial charge in [0.2, 0.25) is 0 Å². The Hall–Kier alpha value is -0.120. The minimum atomic E-state index is -0.301. The smallest absolute Gasteiger partial charge is 0.147 e. The molecule has 100 valence electrons. The molecule has 1 saturated carbocycles. The fourth-order valence-corrected chi connectivity index (χ4v) is 3.53. The summed E-state index contributed by atoms with van der Waals surface area (Å²) in [5, 5.41) is 3.44. The maximum absolute atomic E-state index is 14.3. The van der Waals surface area contributed by atoms with Crippen LogP contribution in [0.1, 0.15) is 37.8 Å². The molecule has 0 saturated heterocycles. The lowest BCUT2D eigenvalue weighted by atomic mass is 9.86. The van der Waals surface area contributed by atoms with Crippen LogP contribution < -0.4 is 5.32 Å². The second-order valence-corrected chi connectivity index (χ2v) is 6.34. The van der Waals surface area contributed by atoms with Gasteiger partial charge in [-0.2, -0.15) is 0 Å². The lowest BCUT2D eigenvalue weighted by Crippen LogP contribution is -2.27. The van der Waals surface area contributed by atoms with Crippen molar-refractivity contribution in [2.24, 2.45) is 11.8 Å². The molecule has 1 aliphatic carbocycles. The van der Waals surface area contributed by atoms with Crippen molar-refractivity contribution in [1.29, 1.82) is 0 Å². The molecule has 1 fully saturated rings. The summed E-state index contributed by atoms with van der Waals surface area (Å²) in [6.45, 7) is 2.25. The molecule has 0 aliphatic heterocycles. The van der Waals surface area contributed by atoms with Gasteiger partial charge >= 0.3 is 0 Å². The van der Waals surface area contributed by atoms with E-state index in [2.05, 4.69) is 28.2 Å². The normalized spacial score (nSPS) is 25.4. The molecule has 1 aromatic carbocycles. The first kappa shape index (κ1) is 14.3. The largest absolute Gasteiger partial charge is 0.313 e. The van der Waals surface area contributed by atoms with Crippen LogP contribution in [-0.2, 0) is 0 Å². The van der Waals surface area contributed by atoms with Crippen molar-refractivity contribution in [3.05, 3.63) is 33.0 Å². The minimum absolute atomic E-state index is 0.0492. The lowest BCUT2D eigenvalue weighted by molar-refractivity contribution is 0.308. The van der Waals surface area contributed by atoms with Crippen LogP contribution in [0.25, 0.3) is 0 Å². The van der Waals surface area contributed by atoms with E-state index < -0.39 is 0 Å². The van der Waals surface area contributed by atoms with Crippen molar-refractivity contribution in [3.8, 4) is 0 Å². The number of hydrogen-bond donors (Lipinski definition) is 1. The van der Waals surface area contributed by atoms with E-state index >= 15 is 0 Å². The van der Waals surface area contributed by atoms with Gasteiger partial charge in [0.05, 0.1) is 5.02 Å². The Bertz CT molecular complexity index is 438. The zero-order chi connectivity index (χ0) is 13.3. The van der Waals surface area contributed by atoms with E-state index in [1.54, 1.807) is 0 Å². The predicted octanol–water partition coefficient (Wildman–Crippen LogP) is 4.94. The Labute approximate surface area is 121 Å². The van der Waals surface area contributed by atoms with Gasteiger partial charge in [-0.15, -0.1) is 0 Å². The van der Waals surface area contributed by atoms with Crippen LogP contribution in [0.5, 0.6) is 0 Å². The highest BCUT2D eigenvalue weighted by molar-refractivity contribution is 9.10. The summed E-state index contributed by atoms with van der Waals surface area (Å²) in [6, 6.07) is 3.70. The van der Waals surface area contributed by atoms with E-state index in [-0.39, 0.29) is 16.9 Å². The molecule has 0 aromatic heterocycles. The number of hydrogen-bond acceptors (Lipinski definition) is 1. The molecular formula is C14H18BrClFN. The van der Waals surface area contributed by atoms with Crippen molar-refractivity contribution in [2.45, 2.75) is 32.2 Å². The van der Waals surface area contributed by atoms with Crippen LogP contribution in [0.2, 0.25) is 5.02 Å². The Kier molecular flexibility index (Phi) is 4.68. The summed E-state index contributed by atoms with van der Waals surface area (Å²) >= 11 is 9.23. The SMILES string of the molecule is CNC(c1ccc(Br)c(Cl)c1F)C1CCCC1C. The fraction of sp³-hybridized carbons (Fsp3) is 0.571. The Morgan fingerprint density at radius 3 is 2.72 bits per heavy atom. The maximum atomic E-state index is 14.3.